The molecule has 4 nitrogen and oxygen atoms in total. The fourth-order valence-electron chi connectivity index (χ4n) is 5.35. The Balaban J connectivity index is 1.74. The molecule has 35 heavy (non-hydrogen) atoms. The zero-order valence-electron chi connectivity index (χ0n) is 18.3. The molecule has 0 spiro atoms. The maximum atomic E-state index is 13.9. The Labute approximate surface area is 200 Å². The second-order valence-electron chi connectivity index (χ2n) is 8.66. The molecule has 2 heterocycles. The molecule has 2 aliphatic heterocycles. The third-order valence-electron chi connectivity index (χ3n) is 6.85. The first kappa shape index (κ1) is 22.4. The van der Waals surface area contributed by atoms with Crippen molar-refractivity contribution < 1.29 is 18.0 Å². The molecule has 3 atom stereocenters. The number of nitriles is 2. The average Bonchev–Trinajstić information content (AvgIpc) is 3.19. The van der Waals surface area contributed by atoms with Gasteiger partial charge in [-0.2, -0.15) is 23.7 Å². The number of carbonyl (C=O) groups excluding carboxylic acids is 1. The lowest BCUT2D eigenvalue weighted by Crippen LogP contribution is -2.37. The van der Waals surface area contributed by atoms with E-state index in [1.807, 2.05) is 18.2 Å². The van der Waals surface area contributed by atoms with E-state index >= 15 is 0 Å². The van der Waals surface area contributed by atoms with Crippen molar-refractivity contribution in [1.29, 1.82) is 10.5 Å². The van der Waals surface area contributed by atoms with Gasteiger partial charge in [-0.3, -0.25) is 4.79 Å². The largest absolute Gasteiger partial charge is 0.416 e. The highest BCUT2D eigenvalue weighted by atomic mass is 19.4. The molecule has 1 saturated heterocycles. The topological polar surface area (TPSA) is 67.9 Å². The van der Waals surface area contributed by atoms with Crippen LogP contribution in [0.15, 0.2) is 85.1 Å². The Bertz CT molecular complexity index is 1400. The van der Waals surface area contributed by atoms with Crippen molar-refractivity contribution in [2.75, 3.05) is 0 Å². The van der Waals surface area contributed by atoms with E-state index < -0.39 is 40.9 Å². The van der Waals surface area contributed by atoms with Crippen LogP contribution in [0.3, 0.4) is 0 Å². The lowest BCUT2D eigenvalue weighted by atomic mass is 9.67. The number of fused-ring (bicyclic) bond motifs is 3. The van der Waals surface area contributed by atoms with Crippen molar-refractivity contribution in [2.24, 2.45) is 5.41 Å². The molecule has 5 rings (SSSR count). The van der Waals surface area contributed by atoms with Crippen LogP contribution in [-0.4, -0.2) is 16.7 Å². The Morgan fingerprint density at radius 1 is 0.914 bits per heavy atom. The van der Waals surface area contributed by atoms with Crippen LogP contribution >= 0.6 is 0 Å². The van der Waals surface area contributed by atoms with Gasteiger partial charge in [0.15, 0.2) is 11.2 Å². The summed E-state index contributed by atoms with van der Waals surface area (Å²) in [6.07, 6.45) is -1.14. The monoisotopic (exact) mass is 469 g/mol. The average molecular weight is 469 g/mol. The van der Waals surface area contributed by atoms with Crippen LogP contribution in [0.5, 0.6) is 0 Å². The van der Waals surface area contributed by atoms with Gasteiger partial charge in [0, 0.05) is 17.7 Å². The van der Waals surface area contributed by atoms with E-state index in [1.165, 1.54) is 12.1 Å². The number of hydrogen-bond acceptors (Lipinski definition) is 4. The summed E-state index contributed by atoms with van der Waals surface area (Å²) in [6.45, 7) is 0. The quantitative estimate of drug-likeness (QED) is 0.434. The van der Waals surface area contributed by atoms with E-state index in [2.05, 4.69) is 12.1 Å². The summed E-state index contributed by atoms with van der Waals surface area (Å²) in [7, 11) is 0. The number of nitrogens with zero attached hydrogens (tertiary/aromatic N) is 3. The maximum Gasteiger partial charge on any atom is 0.416 e. The summed E-state index contributed by atoms with van der Waals surface area (Å²) in [6, 6.07) is 23.0. The standard InChI is InChI=1S/C28H18F3N3O/c29-28(30,31)21-11-6-10-20(15-21)25(35)24-23(19-8-2-1-3-9-19)27(16-32,17-33)26-22-12-5-4-7-18(22)13-14-34(24)26/h1-15,23-24,26H/t23-,24+,26-/m1/s1. The number of hydrogen-bond donors (Lipinski definition) is 0. The first-order valence-corrected chi connectivity index (χ1v) is 11.0. The number of Topliss-reactive ketones (excluding diaryl/α,β-unsaturated/α-hetero) is 1. The van der Waals surface area contributed by atoms with E-state index in [0.717, 1.165) is 23.3 Å². The van der Waals surface area contributed by atoms with Crippen molar-refractivity contribution >= 4 is 11.9 Å². The number of alkyl halides is 3. The Hall–Kier alpha value is -4.36. The first-order chi connectivity index (χ1) is 16.8. The molecule has 1 fully saturated rings. The Morgan fingerprint density at radius 2 is 1.60 bits per heavy atom. The highest BCUT2D eigenvalue weighted by Crippen LogP contribution is 2.60. The summed E-state index contributed by atoms with van der Waals surface area (Å²) < 4.78 is 40.2. The zero-order valence-corrected chi connectivity index (χ0v) is 18.3. The van der Waals surface area contributed by atoms with Crippen molar-refractivity contribution in [2.45, 2.75) is 24.2 Å². The number of ketones is 1. The second kappa shape index (κ2) is 8.14. The number of halogens is 3. The Kier molecular flexibility index (Phi) is 5.22. The van der Waals surface area contributed by atoms with Gasteiger partial charge in [0.2, 0.25) is 0 Å². The van der Waals surface area contributed by atoms with Gasteiger partial charge in [-0.1, -0.05) is 66.7 Å². The van der Waals surface area contributed by atoms with Gasteiger partial charge >= 0.3 is 6.18 Å². The molecule has 0 aromatic heterocycles. The van der Waals surface area contributed by atoms with E-state index in [0.29, 0.717) is 5.56 Å². The lowest BCUT2D eigenvalue weighted by molar-refractivity contribution is -0.137. The van der Waals surface area contributed by atoms with Gasteiger partial charge in [-0.05, 0) is 34.9 Å². The predicted octanol–water partition coefficient (Wildman–Crippen LogP) is 6.12. The molecule has 7 heteroatoms. The SMILES string of the molecule is N#CC1(C#N)[C@H](c2ccccc2)[C@@H](C(=O)c2cccc(C(F)(F)F)c2)N2C=Cc3ccccc3[C@@H]21. The molecule has 0 saturated carbocycles. The van der Waals surface area contributed by atoms with Crippen LogP contribution in [0, 0.1) is 28.1 Å². The van der Waals surface area contributed by atoms with Gasteiger partial charge in [0.1, 0.15) is 6.04 Å². The molecular formula is C28H18F3N3O. The Morgan fingerprint density at radius 3 is 2.29 bits per heavy atom. The molecule has 0 radical (unpaired) electrons. The van der Waals surface area contributed by atoms with Crippen molar-refractivity contribution in [3.8, 4) is 12.1 Å². The molecular weight excluding hydrogens is 451 g/mol. The molecule has 0 unspecified atom stereocenters. The summed E-state index contributed by atoms with van der Waals surface area (Å²) in [5, 5.41) is 20.9. The smallest absolute Gasteiger partial charge is 0.357 e. The van der Waals surface area contributed by atoms with E-state index in [4.69, 9.17) is 0 Å². The van der Waals surface area contributed by atoms with Crippen LogP contribution < -0.4 is 0 Å². The molecule has 0 bridgehead atoms. The number of rotatable bonds is 3. The highest BCUT2D eigenvalue weighted by molar-refractivity contribution is 6.02. The summed E-state index contributed by atoms with van der Waals surface area (Å²) in [4.78, 5) is 15.6. The fraction of sp³-hybridized carbons (Fsp3) is 0.179. The normalized spacial score (nSPS) is 22.0. The van der Waals surface area contributed by atoms with Gasteiger partial charge < -0.3 is 4.90 Å². The first-order valence-electron chi connectivity index (χ1n) is 11.0. The number of benzene rings is 3. The molecule has 2 aliphatic rings. The molecule has 3 aromatic rings. The molecule has 3 aromatic carbocycles. The molecule has 0 amide bonds. The summed E-state index contributed by atoms with van der Waals surface area (Å²) in [5.74, 6) is -1.48. The predicted molar refractivity (Wildman–Crippen MR) is 122 cm³/mol. The third-order valence-corrected chi connectivity index (χ3v) is 6.85. The van der Waals surface area contributed by atoms with Crippen LogP contribution in [0.1, 0.15) is 44.6 Å². The van der Waals surface area contributed by atoms with Gasteiger partial charge in [-0.25, -0.2) is 0 Å². The second-order valence-corrected chi connectivity index (χ2v) is 8.66. The van der Waals surface area contributed by atoms with Crippen molar-refractivity contribution in [3.63, 3.8) is 0 Å². The van der Waals surface area contributed by atoms with Crippen molar-refractivity contribution in [1.82, 2.24) is 4.90 Å². The minimum absolute atomic E-state index is 0.122. The van der Waals surface area contributed by atoms with Gasteiger partial charge in [0.05, 0.1) is 23.7 Å². The fourth-order valence-corrected chi connectivity index (χ4v) is 5.35. The summed E-state index contributed by atoms with van der Waals surface area (Å²) >= 11 is 0. The van der Waals surface area contributed by atoms with Gasteiger partial charge in [-0.15, -0.1) is 0 Å². The summed E-state index contributed by atoms with van der Waals surface area (Å²) in [5.41, 5.74) is -0.573. The van der Waals surface area contributed by atoms with E-state index in [-0.39, 0.29) is 5.56 Å². The molecule has 0 N–H and O–H groups in total. The zero-order chi connectivity index (χ0) is 24.8. The lowest BCUT2D eigenvalue weighted by Gasteiger charge is -2.34. The van der Waals surface area contributed by atoms with Crippen LogP contribution in [0.4, 0.5) is 13.2 Å². The van der Waals surface area contributed by atoms with Gasteiger partial charge in [0.25, 0.3) is 0 Å². The number of carbonyl (C=O) groups is 1. The van der Waals surface area contributed by atoms with E-state index in [1.54, 1.807) is 53.6 Å². The minimum Gasteiger partial charge on any atom is -0.357 e. The van der Waals surface area contributed by atoms with E-state index in [9.17, 15) is 28.5 Å². The third kappa shape index (κ3) is 3.40. The minimum atomic E-state index is -4.61. The van der Waals surface area contributed by atoms with Crippen LogP contribution in [0.25, 0.3) is 6.08 Å². The van der Waals surface area contributed by atoms with Crippen LogP contribution in [0.2, 0.25) is 0 Å². The highest BCUT2D eigenvalue weighted by Gasteiger charge is 2.63. The molecule has 172 valence electrons. The van der Waals surface area contributed by atoms with Crippen LogP contribution in [-0.2, 0) is 6.18 Å². The van der Waals surface area contributed by atoms with Crippen molar-refractivity contribution in [3.05, 3.63) is 113 Å². The maximum absolute atomic E-state index is 13.9. The molecule has 0 aliphatic carbocycles.